The summed E-state index contributed by atoms with van der Waals surface area (Å²) >= 11 is 0. The van der Waals surface area contributed by atoms with Gasteiger partial charge in [0, 0.05) is 11.9 Å². The van der Waals surface area contributed by atoms with E-state index in [0.29, 0.717) is 6.54 Å². The number of nitrogens with one attached hydrogen (secondary N) is 2. The van der Waals surface area contributed by atoms with Crippen LogP contribution in [0.5, 0.6) is 0 Å². The first-order chi connectivity index (χ1) is 10.3. The number of carbonyl (C=O) groups is 1. The van der Waals surface area contributed by atoms with Crippen LogP contribution in [0.4, 0.5) is 10.5 Å². The first-order valence-electron chi connectivity index (χ1n) is 7.38. The van der Waals surface area contributed by atoms with E-state index in [1.807, 2.05) is 30.3 Å². The summed E-state index contributed by atoms with van der Waals surface area (Å²) < 4.78 is 0. The molecular formula is C17H19N3O. The zero-order chi connectivity index (χ0) is 14.5. The summed E-state index contributed by atoms with van der Waals surface area (Å²) in [7, 11) is 0. The number of fused-ring (bicyclic) bond motifs is 1. The Morgan fingerprint density at radius 2 is 2.00 bits per heavy atom. The van der Waals surface area contributed by atoms with Crippen molar-refractivity contribution in [1.29, 1.82) is 0 Å². The molecule has 2 amide bonds. The molecule has 1 aliphatic carbocycles. The van der Waals surface area contributed by atoms with Crippen molar-refractivity contribution < 1.29 is 4.79 Å². The van der Waals surface area contributed by atoms with E-state index < -0.39 is 0 Å². The van der Waals surface area contributed by atoms with Crippen molar-refractivity contribution in [2.24, 2.45) is 0 Å². The maximum Gasteiger partial charge on any atom is 0.319 e. The van der Waals surface area contributed by atoms with E-state index in [1.165, 1.54) is 24.0 Å². The molecule has 0 aliphatic heterocycles. The Hall–Kier alpha value is -2.36. The maximum atomic E-state index is 12.0. The molecule has 0 radical (unpaired) electrons. The molecule has 4 heteroatoms. The van der Waals surface area contributed by atoms with E-state index in [2.05, 4.69) is 21.7 Å². The number of anilines is 1. The second-order valence-electron chi connectivity index (χ2n) is 5.28. The quantitative estimate of drug-likeness (QED) is 0.907. The minimum atomic E-state index is -0.181. The lowest BCUT2D eigenvalue weighted by molar-refractivity contribution is 0.251. The van der Waals surface area contributed by atoms with Gasteiger partial charge in [0.25, 0.3) is 0 Å². The van der Waals surface area contributed by atoms with E-state index in [0.717, 1.165) is 24.2 Å². The second-order valence-corrected chi connectivity index (χ2v) is 5.28. The largest absolute Gasteiger partial charge is 0.332 e. The summed E-state index contributed by atoms with van der Waals surface area (Å²) in [5.41, 5.74) is 4.44. The number of nitrogens with zero attached hydrogens (tertiary/aromatic N) is 1. The lowest BCUT2D eigenvalue weighted by Gasteiger charge is -2.19. The molecule has 108 valence electrons. The molecule has 0 saturated heterocycles. The molecule has 2 aromatic rings. The highest BCUT2D eigenvalue weighted by atomic mass is 16.2. The predicted octanol–water partition coefficient (Wildman–Crippen LogP) is 3.28. The van der Waals surface area contributed by atoms with Gasteiger partial charge in [-0.2, -0.15) is 0 Å². The monoisotopic (exact) mass is 281 g/mol. The zero-order valence-electron chi connectivity index (χ0n) is 11.9. The van der Waals surface area contributed by atoms with E-state index >= 15 is 0 Å². The van der Waals surface area contributed by atoms with Crippen molar-refractivity contribution in [3.8, 4) is 0 Å². The Balaban J connectivity index is 1.63. The smallest absolute Gasteiger partial charge is 0.319 e. The van der Waals surface area contributed by atoms with E-state index in [1.54, 1.807) is 6.20 Å². The lowest BCUT2D eigenvalue weighted by atomic mass is 9.90. The van der Waals surface area contributed by atoms with Crippen LogP contribution >= 0.6 is 0 Å². The average Bonchev–Trinajstić information content (AvgIpc) is 2.54. The third kappa shape index (κ3) is 3.40. The summed E-state index contributed by atoms with van der Waals surface area (Å²) in [4.78, 5) is 16.2. The van der Waals surface area contributed by atoms with Crippen molar-refractivity contribution in [2.45, 2.75) is 32.2 Å². The summed E-state index contributed by atoms with van der Waals surface area (Å²) in [5, 5.41) is 5.80. The van der Waals surface area contributed by atoms with Crippen LogP contribution in [-0.4, -0.2) is 11.0 Å². The molecule has 0 spiro atoms. The molecule has 2 N–H and O–H groups in total. The molecule has 21 heavy (non-hydrogen) atoms. The van der Waals surface area contributed by atoms with Crippen LogP contribution in [0.25, 0.3) is 0 Å². The predicted molar refractivity (Wildman–Crippen MR) is 83.2 cm³/mol. The molecule has 1 aromatic carbocycles. The van der Waals surface area contributed by atoms with Crippen LogP contribution in [0.3, 0.4) is 0 Å². The molecule has 0 atom stereocenters. The average molecular weight is 281 g/mol. The van der Waals surface area contributed by atoms with Gasteiger partial charge in [0.2, 0.25) is 0 Å². The van der Waals surface area contributed by atoms with Crippen molar-refractivity contribution in [1.82, 2.24) is 10.3 Å². The fourth-order valence-electron chi connectivity index (χ4n) is 2.74. The van der Waals surface area contributed by atoms with E-state index in [4.69, 9.17) is 0 Å². The number of pyridine rings is 1. The van der Waals surface area contributed by atoms with Gasteiger partial charge in [-0.1, -0.05) is 18.2 Å². The topological polar surface area (TPSA) is 54.0 Å². The van der Waals surface area contributed by atoms with Crippen molar-refractivity contribution in [3.05, 3.63) is 59.4 Å². The standard InChI is InChI=1S/C17H19N3O/c21-17(19-12-14-8-3-4-11-18-14)20-16-10-5-7-13-6-1-2-9-15(13)16/h3-5,7-8,10-11H,1-2,6,9,12H2,(H2,19,20,21). The summed E-state index contributed by atoms with van der Waals surface area (Å²) in [5.74, 6) is 0. The summed E-state index contributed by atoms with van der Waals surface area (Å²) in [6.45, 7) is 0.432. The molecule has 1 aliphatic rings. The lowest BCUT2D eigenvalue weighted by Crippen LogP contribution is -2.29. The van der Waals surface area contributed by atoms with Gasteiger partial charge in [0.05, 0.1) is 12.2 Å². The number of hydrogen-bond acceptors (Lipinski definition) is 2. The number of urea groups is 1. The fourth-order valence-corrected chi connectivity index (χ4v) is 2.74. The summed E-state index contributed by atoms with van der Waals surface area (Å²) in [6, 6.07) is 11.6. The van der Waals surface area contributed by atoms with Crippen molar-refractivity contribution in [3.63, 3.8) is 0 Å². The van der Waals surface area contributed by atoms with Gasteiger partial charge in [-0.25, -0.2) is 4.79 Å². The number of carbonyl (C=O) groups excluding carboxylic acids is 1. The van der Waals surface area contributed by atoms with Crippen LogP contribution in [-0.2, 0) is 19.4 Å². The van der Waals surface area contributed by atoms with Gasteiger partial charge < -0.3 is 10.6 Å². The first kappa shape index (κ1) is 13.6. The molecule has 3 rings (SSSR count). The van der Waals surface area contributed by atoms with Crippen molar-refractivity contribution >= 4 is 11.7 Å². The van der Waals surface area contributed by atoms with Gasteiger partial charge >= 0.3 is 6.03 Å². The highest BCUT2D eigenvalue weighted by Crippen LogP contribution is 2.27. The molecule has 4 nitrogen and oxygen atoms in total. The number of hydrogen-bond donors (Lipinski definition) is 2. The molecule has 1 heterocycles. The third-order valence-corrected chi connectivity index (χ3v) is 3.80. The van der Waals surface area contributed by atoms with Crippen LogP contribution in [0.2, 0.25) is 0 Å². The zero-order valence-corrected chi connectivity index (χ0v) is 11.9. The number of rotatable bonds is 3. The molecule has 1 aromatic heterocycles. The Bertz CT molecular complexity index is 625. The molecule has 0 unspecified atom stereocenters. The molecule has 0 fully saturated rings. The SMILES string of the molecule is O=C(NCc1ccccn1)Nc1cccc2c1CCCC2. The molecule has 0 bridgehead atoms. The highest BCUT2D eigenvalue weighted by Gasteiger charge is 2.14. The maximum absolute atomic E-state index is 12.0. The Morgan fingerprint density at radius 1 is 1.10 bits per heavy atom. The summed E-state index contributed by atoms with van der Waals surface area (Å²) in [6.07, 6.45) is 6.32. The van der Waals surface area contributed by atoms with Gasteiger partial charge in [-0.3, -0.25) is 4.98 Å². The second kappa shape index (κ2) is 6.39. The third-order valence-electron chi connectivity index (χ3n) is 3.80. The van der Waals surface area contributed by atoms with Crippen molar-refractivity contribution in [2.75, 3.05) is 5.32 Å². The normalized spacial score (nSPS) is 13.3. The van der Waals surface area contributed by atoms with Gasteiger partial charge in [-0.15, -0.1) is 0 Å². The Labute approximate surface area is 124 Å². The number of aromatic nitrogens is 1. The van der Waals surface area contributed by atoms with Crippen LogP contribution in [0.15, 0.2) is 42.6 Å². The minimum Gasteiger partial charge on any atom is -0.332 e. The van der Waals surface area contributed by atoms with E-state index in [9.17, 15) is 4.79 Å². The van der Waals surface area contributed by atoms with Gasteiger partial charge in [-0.05, 0) is 55.0 Å². The van der Waals surface area contributed by atoms with Gasteiger partial charge in [0.15, 0.2) is 0 Å². The Kier molecular flexibility index (Phi) is 4.15. The minimum absolute atomic E-state index is 0.181. The van der Waals surface area contributed by atoms with Gasteiger partial charge in [0.1, 0.15) is 0 Å². The number of benzene rings is 1. The highest BCUT2D eigenvalue weighted by molar-refractivity contribution is 5.90. The van der Waals surface area contributed by atoms with Crippen LogP contribution in [0, 0.1) is 0 Å². The Morgan fingerprint density at radius 3 is 2.86 bits per heavy atom. The van der Waals surface area contributed by atoms with E-state index in [-0.39, 0.29) is 6.03 Å². The number of amides is 2. The molecular weight excluding hydrogens is 262 g/mol. The first-order valence-corrected chi connectivity index (χ1v) is 7.38. The molecule has 0 saturated carbocycles. The van der Waals surface area contributed by atoms with Crippen LogP contribution in [0.1, 0.15) is 29.7 Å². The number of aryl methyl sites for hydroxylation is 1. The fraction of sp³-hybridized carbons (Fsp3) is 0.294. The van der Waals surface area contributed by atoms with Crippen LogP contribution < -0.4 is 10.6 Å².